The van der Waals surface area contributed by atoms with Gasteiger partial charge in [-0.25, -0.2) is 15.0 Å². The second-order valence-electron chi connectivity index (χ2n) is 17.7. The molecule has 0 fully saturated rings. The summed E-state index contributed by atoms with van der Waals surface area (Å²) in [6.45, 7) is 0. The van der Waals surface area contributed by atoms with Crippen molar-refractivity contribution >= 4 is 65.4 Å². The maximum absolute atomic E-state index is 11.3. The standard InChI is InChI=1S/C64H39N7/c65-40-46-38-44(32-35-54(46)71-56-26-14-10-22-49(56)51-34-37-59-60(61(51)71)52-24-12-15-27-57(52)70(59)48-20-8-3-9-21-48)63-66-62(43-30-28-42(29-31-43)41-16-4-1-5-17-41)67-64(68-63)45-33-36-58-53(39-45)50-23-11-13-25-55(50)69(58)47-18-6-2-7-19-47/h1-39H/i32D,35D,38D. The van der Waals surface area contributed by atoms with Gasteiger partial charge < -0.3 is 13.7 Å². The minimum atomic E-state index is -0.280. The Labute approximate surface area is 412 Å². The minimum Gasteiger partial charge on any atom is -0.309 e. The topological polar surface area (TPSA) is 77.2 Å². The van der Waals surface area contributed by atoms with Crippen molar-refractivity contribution in [3.8, 4) is 68.4 Å². The summed E-state index contributed by atoms with van der Waals surface area (Å²) in [5.41, 5.74) is 11.1. The highest BCUT2D eigenvalue weighted by Crippen LogP contribution is 2.43. The average Bonchev–Trinajstić information content (AvgIpc) is 4.18. The van der Waals surface area contributed by atoms with Gasteiger partial charge in [-0.05, 0) is 96.0 Å². The number of rotatable bonds is 7. The fourth-order valence-electron chi connectivity index (χ4n) is 10.5. The first kappa shape index (κ1) is 37.1. The van der Waals surface area contributed by atoms with Gasteiger partial charge >= 0.3 is 0 Å². The Morgan fingerprint density at radius 3 is 1.49 bits per heavy atom. The van der Waals surface area contributed by atoms with Crippen LogP contribution >= 0.6 is 0 Å². The zero-order chi connectivity index (χ0) is 49.6. The predicted molar refractivity (Wildman–Crippen MR) is 289 cm³/mol. The van der Waals surface area contributed by atoms with Gasteiger partial charge in [-0.3, -0.25) is 0 Å². The molecule has 0 aliphatic heterocycles. The smallest absolute Gasteiger partial charge is 0.164 e. The van der Waals surface area contributed by atoms with Crippen LogP contribution in [0.15, 0.2) is 237 Å². The zero-order valence-electron chi connectivity index (χ0n) is 40.9. The normalized spacial score (nSPS) is 12.2. The summed E-state index contributed by atoms with van der Waals surface area (Å²) < 4.78 is 36.4. The maximum atomic E-state index is 11.3. The van der Waals surface area contributed by atoms with Crippen molar-refractivity contribution < 1.29 is 4.11 Å². The summed E-state index contributed by atoms with van der Waals surface area (Å²) in [7, 11) is 0. The third kappa shape index (κ3) is 6.40. The lowest BCUT2D eigenvalue weighted by molar-refractivity contribution is 1.07. The van der Waals surface area contributed by atoms with Crippen molar-refractivity contribution in [2.45, 2.75) is 0 Å². The number of para-hydroxylation sites is 5. The van der Waals surface area contributed by atoms with E-state index < -0.39 is 0 Å². The van der Waals surface area contributed by atoms with Gasteiger partial charge in [0, 0.05) is 60.4 Å². The molecule has 0 spiro atoms. The molecule has 0 aliphatic rings. The number of nitriles is 1. The van der Waals surface area contributed by atoms with Crippen molar-refractivity contribution in [3.05, 3.63) is 242 Å². The van der Waals surface area contributed by atoms with Gasteiger partial charge in [0.2, 0.25) is 0 Å². The fourth-order valence-corrected chi connectivity index (χ4v) is 10.5. The maximum Gasteiger partial charge on any atom is 0.164 e. The molecule has 0 aliphatic carbocycles. The molecule has 330 valence electrons. The summed E-state index contributed by atoms with van der Waals surface area (Å²) >= 11 is 0. The monoisotopic (exact) mass is 908 g/mol. The highest BCUT2D eigenvalue weighted by Gasteiger charge is 2.23. The van der Waals surface area contributed by atoms with Gasteiger partial charge in [0.15, 0.2) is 17.5 Å². The fraction of sp³-hybridized carbons (Fsp3) is 0. The molecule has 0 N–H and O–H groups in total. The molecule has 14 aromatic rings. The summed E-state index contributed by atoms with van der Waals surface area (Å²) in [5.74, 6) is 0.665. The quantitative estimate of drug-likeness (QED) is 0.160. The number of nitrogens with zero attached hydrogens (tertiary/aromatic N) is 7. The molecule has 10 aromatic carbocycles. The number of fused-ring (bicyclic) bond motifs is 10. The second kappa shape index (κ2) is 16.1. The lowest BCUT2D eigenvalue weighted by Gasteiger charge is -2.13. The van der Waals surface area contributed by atoms with Crippen LogP contribution in [0, 0.1) is 11.3 Å². The molecule has 0 saturated carbocycles. The van der Waals surface area contributed by atoms with E-state index in [1.165, 1.54) is 0 Å². The Kier molecular flexibility index (Phi) is 8.43. The van der Waals surface area contributed by atoms with Crippen LogP contribution in [0.5, 0.6) is 0 Å². The molecule has 4 aromatic heterocycles. The molecule has 0 radical (unpaired) electrons. The van der Waals surface area contributed by atoms with Crippen LogP contribution in [0.3, 0.4) is 0 Å². The van der Waals surface area contributed by atoms with Crippen LogP contribution in [-0.2, 0) is 0 Å². The van der Waals surface area contributed by atoms with Crippen molar-refractivity contribution in [2.75, 3.05) is 0 Å². The third-order valence-corrected chi connectivity index (χ3v) is 13.7. The number of hydrogen-bond donors (Lipinski definition) is 0. The van der Waals surface area contributed by atoms with E-state index in [2.05, 4.69) is 100 Å². The van der Waals surface area contributed by atoms with Gasteiger partial charge in [0.05, 0.1) is 48.5 Å². The van der Waals surface area contributed by atoms with Crippen LogP contribution < -0.4 is 0 Å². The van der Waals surface area contributed by atoms with Crippen molar-refractivity contribution in [1.29, 1.82) is 5.26 Å². The highest BCUT2D eigenvalue weighted by atomic mass is 15.0. The molecule has 4 heterocycles. The van der Waals surface area contributed by atoms with Crippen LogP contribution in [0.25, 0.3) is 128 Å². The van der Waals surface area contributed by atoms with E-state index >= 15 is 0 Å². The zero-order valence-corrected chi connectivity index (χ0v) is 37.9. The van der Waals surface area contributed by atoms with Gasteiger partial charge in [0.1, 0.15) is 6.07 Å². The van der Waals surface area contributed by atoms with E-state index in [1.807, 2.05) is 138 Å². The Morgan fingerprint density at radius 1 is 0.366 bits per heavy atom. The van der Waals surface area contributed by atoms with E-state index in [0.29, 0.717) is 22.8 Å². The van der Waals surface area contributed by atoms with E-state index in [9.17, 15) is 9.37 Å². The summed E-state index contributed by atoms with van der Waals surface area (Å²) in [4.78, 5) is 15.2. The van der Waals surface area contributed by atoms with Gasteiger partial charge in [0.25, 0.3) is 0 Å². The molecule has 0 atom stereocenters. The van der Waals surface area contributed by atoms with E-state index in [1.54, 1.807) is 0 Å². The van der Waals surface area contributed by atoms with Crippen molar-refractivity contribution in [1.82, 2.24) is 28.7 Å². The number of benzene rings is 10. The Morgan fingerprint density at radius 2 is 0.831 bits per heavy atom. The van der Waals surface area contributed by atoms with E-state index in [4.69, 9.17) is 15.0 Å². The summed E-state index contributed by atoms with van der Waals surface area (Å²) in [6, 6.07) is 75.0. The third-order valence-electron chi connectivity index (χ3n) is 13.7. The molecule has 0 amide bonds. The predicted octanol–water partition coefficient (Wildman–Crippen LogP) is 15.7. The Balaban J connectivity index is 1.01. The van der Waals surface area contributed by atoms with E-state index in [0.717, 1.165) is 87.9 Å². The van der Waals surface area contributed by atoms with Crippen molar-refractivity contribution in [2.24, 2.45) is 0 Å². The SMILES string of the molecule is [2H]c1c([2H])c(-n2c3ccccc3c3ccc4c(c5ccccc5n4-c4ccccc4)c32)c(C#N)c([2H])c1-c1nc(-c2ccc(-c3ccccc3)cc2)nc(-c2ccc3c(c2)c2ccccc2n3-c2ccccc2)n1. The van der Waals surface area contributed by atoms with Crippen LogP contribution in [0.1, 0.15) is 9.68 Å². The molecule has 0 saturated heterocycles. The summed E-state index contributed by atoms with van der Waals surface area (Å²) in [5, 5.41) is 17.1. The molecular formula is C64H39N7. The van der Waals surface area contributed by atoms with Gasteiger partial charge in [-0.15, -0.1) is 0 Å². The van der Waals surface area contributed by atoms with Gasteiger partial charge in [-0.2, -0.15) is 5.26 Å². The minimum absolute atomic E-state index is 0.0195. The highest BCUT2D eigenvalue weighted by molar-refractivity contribution is 6.26. The van der Waals surface area contributed by atoms with Crippen LogP contribution in [0.4, 0.5) is 0 Å². The van der Waals surface area contributed by atoms with Gasteiger partial charge in [-0.1, -0.05) is 152 Å². The first-order valence-electron chi connectivity index (χ1n) is 25.0. The Hall–Kier alpha value is -9.90. The molecule has 7 heteroatoms. The first-order chi connectivity index (χ1) is 36.4. The molecular weight excluding hydrogens is 867 g/mol. The lowest BCUT2D eigenvalue weighted by atomic mass is 10.0. The molecule has 71 heavy (non-hydrogen) atoms. The van der Waals surface area contributed by atoms with Crippen LogP contribution in [-0.4, -0.2) is 28.7 Å². The summed E-state index contributed by atoms with van der Waals surface area (Å²) in [6.07, 6.45) is 0. The molecule has 14 rings (SSSR count). The molecule has 7 nitrogen and oxygen atoms in total. The average molecular weight is 909 g/mol. The lowest BCUT2D eigenvalue weighted by Crippen LogP contribution is -2.02. The molecule has 0 bridgehead atoms. The molecule has 0 unspecified atom stereocenters. The second-order valence-corrected chi connectivity index (χ2v) is 17.7. The van der Waals surface area contributed by atoms with Crippen molar-refractivity contribution in [3.63, 3.8) is 0 Å². The first-order valence-corrected chi connectivity index (χ1v) is 23.5. The van der Waals surface area contributed by atoms with Crippen LogP contribution in [0.2, 0.25) is 0 Å². The number of hydrogen-bond acceptors (Lipinski definition) is 4. The Bertz CT molecular complexity index is 4630. The largest absolute Gasteiger partial charge is 0.309 e. The van der Waals surface area contributed by atoms with E-state index in [-0.39, 0.29) is 40.8 Å². The number of aromatic nitrogens is 6.